The Hall–Kier alpha value is -2.86. The molecule has 6 nitrogen and oxygen atoms in total. The van der Waals surface area contributed by atoms with Crippen molar-refractivity contribution in [1.29, 1.82) is 0 Å². The maximum Gasteiger partial charge on any atom is 0.251 e. The highest BCUT2D eigenvalue weighted by Gasteiger charge is 2.09. The van der Waals surface area contributed by atoms with Gasteiger partial charge in [0.05, 0.1) is 23.3 Å². The lowest BCUT2D eigenvalue weighted by Gasteiger charge is -2.07. The first kappa shape index (κ1) is 17.0. The fourth-order valence-corrected chi connectivity index (χ4v) is 2.74. The third kappa shape index (κ3) is 3.80. The van der Waals surface area contributed by atoms with E-state index in [1.165, 1.54) is 0 Å². The Morgan fingerprint density at radius 3 is 2.64 bits per heavy atom. The van der Waals surface area contributed by atoms with Crippen molar-refractivity contribution in [3.05, 3.63) is 59.2 Å². The number of hydrogen-bond acceptors (Lipinski definition) is 3. The van der Waals surface area contributed by atoms with Crippen molar-refractivity contribution >= 4 is 40.0 Å². The van der Waals surface area contributed by atoms with Gasteiger partial charge < -0.3 is 10.6 Å². The van der Waals surface area contributed by atoms with Gasteiger partial charge in [0.25, 0.3) is 5.91 Å². The van der Waals surface area contributed by atoms with Crippen LogP contribution < -0.4 is 10.6 Å². The Balaban J connectivity index is 1.61. The van der Waals surface area contributed by atoms with Gasteiger partial charge in [-0.05, 0) is 36.4 Å². The lowest BCUT2D eigenvalue weighted by molar-refractivity contribution is -0.116. The van der Waals surface area contributed by atoms with Gasteiger partial charge in [-0.15, -0.1) is 0 Å². The van der Waals surface area contributed by atoms with E-state index in [1.54, 1.807) is 42.2 Å². The SMILES string of the molecule is CNC(=O)c1ccc(NC(=O)CCn2ncc3c(Cl)cccc32)cc1. The van der Waals surface area contributed by atoms with E-state index >= 15 is 0 Å². The molecule has 0 saturated carbocycles. The number of aryl methyl sites for hydroxylation is 1. The number of amides is 2. The molecular weight excluding hydrogens is 340 g/mol. The van der Waals surface area contributed by atoms with E-state index in [-0.39, 0.29) is 18.2 Å². The molecule has 7 heteroatoms. The second-order valence-electron chi connectivity index (χ2n) is 5.49. The number of fused-ring (bicyclic) bond motifs is 1. The molecule has 0 fully saturated rings. The Labute approximate surface area is 149 Å². The van der Waals surface area contributed by atoms with Gasteiger partial charge in [0, 0.05) is 30.1 Å². The third-order valence-corrected chi connectivity index (χ3v) is 4.17. The molecule has 0 bridgehead atoms. The van der Waals surface area contributed by atoms with Gasteiger partial charge in [-0.25, -0.2) is 0 Å². The number of aromatic nitrogens is 2. The lowest BCUT2D eigenvalue weighted by atomic mass is 10.2. The maximum absolute atomic E-state index is 12.1. The Morgan fingerprint density at radius 1 is 1.16 bits per heavy atom. The minimum absolute atomic E-state index is 0.127. The summed E-state index contributed by atoms with van der Waals surface area (Å²) >= 11 is 6.12. The molecule has 0 aliphatic carbocycles. The molecular formula is C18H17ClN4O2. The zero-order chi connectivity index (χ0) is 17.8. The summed E-state index contributed by atoms with van der Waals surface area (Å²) < 4.78 is 1.76. The van der Waals surface area contributed by atoms with Gasteiger partial charge in [-0.1, -0.05) is 17.7 Å². The largest absolute Gasteiger partial charge is 0.355 e. The van der Waals surface area contributed by atoms with Crippen molar-refractivity contribution in [3.63, 3.8) is 0 Å². The monoisotopic (exact) mass is 356 g/mol. The molecule has 3 rings (SSSR count). The summed E-state index contributed by atoms with van der Waals surface area (Å²) in [6, 6.07) is 12.3. The first-order valence-electron chi connectivity index (χ1n) is 7.80. The second-order valence-corrected chi connectivity index (χ2v) is 5.90. The standard InChI is InChI=1S/C18H17ClN4O2/c1-20-18(25)12-5-7-13(8-6-12)22-17(24)9-10-23-16-4-2-3-15(19)14(16)11-21-23/h2-8,11H,9-10H2,1H3,(H,20,25)(H,22,24). The van der Waals surface area contributed by atoms with Crippen molar-refractivity contribution in [2.75, 3.05) is 12.4 Å². The predicted molar refractivity (Wildman–Crippen MR) is 97.8 cm³/mol. The van der Waals surface area contributed by atoms with Gasteiger partial charge in [-0.2, -0.15) is 5.10 Å². The van der Waals surface area contributed by atoms with Crippen molar-refractivity contribution in [1.82, 2.24) is 15.1 Å². The molecule has 3 aromatic rings. The molecule has 1 heterocycles. The fourth-order valence-electron chi connectivity index (χ4n) is 2.53. The smallest absolute Gasteiger partial charge is 0.251 e. The van der Waals surface area contributed by atoms with Crippen LogP contribution in [0.3, 0.4) is 0 Å². The zero-order valence-corrected chi connectivity index (χ0v) is 14.4. The molecule has 128 valence electrons. The van der Waals surface area contributed by atoms with Crippen LogP contribution in [0.15, 0.2) is 48.7 Å². The number of halogens is 1. The lowest BCUT2D eigenvalue weighted by Crippen LogP contribution is -2.18. The van der Waals surface area contributed by atoms with E-state index < -0.39 is 0 Å². The molecule has 0 aliphatic rings. The van der Waals surface area contributed by atoms with Crippen molar-refractivity contribution in [3.8, 4) is 0 Å². The summed E-state index contributed by atoms with van der Waals surface area (Å²) in [5.74, 6) is -0.291. The maximum atomic E-state index is 12.1. The van der Waals surface area contributed by atoms with Crippen LogP contribution in [0.2, 0.25) is 5.02 Å². The number of nitrogens with one attached hydrogen (secondary N) is 2. The van der Waals surface area contributed by atoms with Crippen molar-refractivity contribution in [2.24, 2.45) is 0 Å². The first-order chi connectivity index (χ1) is 12.1. The van der Waals surface area contributed by atoms with E-state index in [1.807, 2.05) is 18.2 Å². The van der Waals surface area contributed by atoms with Crippen LogP contribution in [0.4, 0.5) is 5.69 Å². The van der Waals surface area contributed by atoms with Crippen LogP contribution in [0.25, 0.3) is 10.9 Å². The summed E-state index contributed by atoms with van der Waals surface area (Å²) in [4.78, 5) is 23.6. The average molecular weight is 357 g/mol. The Kier molecular flexibility index (Phi) is 5.00. The van der Waals surface area contributed by atoms with Crippen LogP contribution in [-0.2, 0) is 11.3 Å². The molecule has 1 aromatic heterocycles. The molecule has 2 amide bonds. The highest BCUT2D eigenvalue weighted by molar-refractivity contribution is 6.35. The van der Waals surface area contributed by atoms with E-state index in [0.29, 0.717) is 22.8 Å². The van der Waals surface area contributed by atoms with Crippen LogP contribution in [0.1, 0.15) is 16.8 Å². The summed E-state index contributed by atoms with van der Waals surface area (Å²) in [6.07, 6.45) is 1.98. The highest BCUT2D eigenvalue weighted by atomic mass is 35.5. The summed E-state index contributed by atoms with van der Waals surface area (Å²) in [6.45, 7) is 0.450. The minimum atomic E-state index is -0.165. The molecule has 0 atom stereocenters. The third-order valence-electron chi connectivity index (χ3n) is 3.84. The summed E-state index contributed by atoms with van der Waals surface area (Å²) in [5, 5.41) is 11.2. The second kappa shape index (κ2) is 7.36. The molecule has 25 heavy (non-hydrogen) atoms. The molecule has 0 radical (unpaired) electrons. The number of carbonyl (C=O) groups is 2. The van der Waals surface area contributed by atoms with Crippen LogP contribution >= 0.6 is 11.6 Å². The average Bonchev–Trinajstić information content (AvgIpc) is 3.04. The van der Waals surface area contributed by atoms with E-state index in [2.05, 4.69) is 15.7 Å². The Morgan fingerprint density at radius 2 is 1.92 bits per heavy atom. The molecule has 2 N–H and O–H groups in total. The van der Waals surface area contributed by atoms with Gasteiger partial charge in [0.1, 0.15) is 0 Å². The van der Waals surface area contributed by atoms with Crippen LogP contribution in [0, 0.1) is 0 Å². The number of nitrogens with zero attached hydrogens (tertiary/aromatic N) is 2. The summed E-state index contributed by atoms with van der Waals surface area (Å²) in [7, 11) is 1.57. The van der Waals surface area contributed by atoms with Crippen molar-refractivity contribution < 1.29 is 9.59 Å². The molecule has 0 spiro atoms. The number of anilines is 1. The molecule has 2 aromatic carbocycles. The minimum Gasteiger partial charge on any atom is -0.355 e. The molecule has 0 aliphatic heterocycles. The van der Waals surface area contributed by atoms with Gasteiger partial charge >= 0.3 is 0 Å². The number of benzene rings is 2. The van der Waals surface area contributed by atoms with Gasteiger partial charge in [-0.3, -0.25) is 14.3 Å². The first-order valence-corrected chi connectivity index (χ1v) is 8.18. The number of carbonyl (C=O) groups excluding carboxylic acids is 2. The van der Waals surface area contributed by atoms with Crippen molar-refractivity contribution in [2.45, 2.75) is 13.0 Å². The van der Waals surface area contributed by atoms with Gasteiger partial charge in [0.15, 0.2) is 0 Å². The zero-order valence-electron chi connectivity index (χ0n) is 13.6. The van der Waals surface area contributed by atoms with E-state index in [4.69, 9.17) is 11.6 Å². The molecule has 0 saturated heterocycles. The van der Waals surface area contributed by atoms with Crippen LogP contribution in [-0.4, -0.2) is 28.6 Å². The van der Waals surface area contributed by atoms with Gasteiger partial charge in [0.2, 0.25) is 5.91 Å². The summed E-state index contributed by atoms with van der Waals surface area (Å²) in [5.41, 5.74) is 2.08. The number of rotatable bonds is 5. The topological polar surface area (TPSA) is 76.0 Å². The predicted octanol–water partition coefficient (Wildman–Crippen LogP) is 3.08. The number of hydrogen-bond donors (Lipinski definition) is 2. The van der Waals surface area contributed by atoms with E-state index in [9.17, 15) is 9.59 Å². The highest BCUT2D eigenvalue weighted by Crippen LogP contribution is 2.22. The van der Waals surface area contributed by atoms with Crippen LogP contribution in [0.5, 0.6) is 0 Å². The Bertz CT molecular complexity index is 918. The normalized spacial score (nSPS) is 10.6. The van der Waals surface area contributed by atoms with E-state index in [0.717, 1.165) is 10.9 Å². The molecule has 0 unspecified atom stereocenters. The quantitative estimate of drug-likeness (QED) is 0.737. The fraction of sp³-hybridized carbons (Fsp3) is 0.167.